The quantitative estimate of drug-likeness (QED) is 0.537. The molecule has 0 aromatic heterocycles. The maximum atomic E-state index is 12.8. The SMILES string of the molecule is C=CCOc1c(C(=O)Nc2ccc(C=O)cc2)ccc(C=O)c1OC(C)C. The summed E-state index contributed by atoms with van der Waals surface area (Å²) in [5, 5.41) is 2.74. The molecule has 0 aliphatic carbocycles. The average molecular weight is 367 g/mol. The van der Waals surface area contributed by atoms with Gasteiger partial charge in [-0.15, -0.1) is 0 Å². The fraction of sp³-hybridized carbons (Fsp3) is 0.190. The predicted molar refractivity (Wildman–Crippen MR) is 103 cm³/mol. The van der Waals surface area contributed by atoms with E-state index in [1.165, 1.54) is 18.2 Å². The summed E-state index contributed by atoms with van der Waals surface area (Å²) in [6.07, 6.45) is 2.69. The molecule has 0 heterocycles. The molecule has 0 fully saturated rings. The molecular weight excluding hydrogens is 346 g/mol. The van der Waals surface area contributed by atoms with Crippen LogP contribution in [0.2, 0.25) is 0 Å². The highest BCUT2D eigenvalue weighted by molar-refractivity contribution is 6.07. The maximum absolute atomic E-state index is 12.8. The van der Waals surface area contributed by atoms with E-state index in [0.717, 1.165) is 6.29 Å². The van der Waals surface area contributed by atoms with E-state index >= 15 is 0 Å². The van der Waals surface area contributed by atoms with Gasteiger partial charge in [-0.05, 0) is 50.2 Å². The van der Waals surface area contributed by atoms with Crippen molar-refractivity contribution in [2.75, 3.05) is 11.9 Å². The van der Waals surface area contributed by atoms with Crippen LogP contribution in [0.25, 0.3) is 0 Å². The Bertz CT molecular complexity index is 840. The second-order valence-corrected chi connectivity index (χ2v) is 5.94. The molecule has 0 atom stereocenters. The molecule has 0 aliphatic rings. The molecule has 0 radical (unpaired) electrons. The molecule has 6 nitrogen and oxygen atoms in total. The monoisotopic (exact) mass is 367 g/mol. The lowest BCUT2D eigenvalue weighted by atomic mass is 10.1. The van der Waals surface area contributed by atoms with Gasteiger partial charge < -0.3 is 14.8 Å². The van der Waals surface area contributed by atoms with Crippen molar-refractivity contribution in [2.24, 2.45) is 0 Å². The van der Waals surface area contributed by atoms with Gasteiger partial charge in [-0.1, -0.05) is 12.7 Å². The standard InChI is InChI=1S/C21H21NO5/c1-4-11-26-20-18(10-7-16(13-24)19(20)27-14(2)3)21(25)22-17-8-5-15(12-23)6-9-17/h4-10,12-14H,1,11H2,2-3H3,(H,22,25). The van der Waals surface area contributed by atoms with Crippen molar-refractivity contribution >= 4 is 24.2 Å². The third-order valence-corrected chi connectivity index (χ3v) is 3.52. The number of aldehydes is 2. The van der Waals surface area contributed by atoms with Crippen LogP contribution in [0.5, 0.6) is 11.5 Å². The molecule has 0 unspecified atom stereocenters. The Morgan fingerprint density at radius 2 is 1.78 bits per heavy atom. The van der Waals surface area contributed by atoms with Crippen molar-refractivity contribution in [1.29, 1.82) is 0 Å². The molecule has 0 aliphatic heterocycles. The van der Waals surface area contributed by atoms with Crippen LogP contribution < -0.4 is 14.8 Å². The summed E-state index contributed by atoms with van der Waals surface area (Å²) in [7, 11) is 0. The largest absolute Gasteiger partial charge is 0.486 e. The van der Waals surface area contributed by atoms with Gasteiger partial charge in [-0.3, -0.25) is 14.4 Å². The molecule has 1 N–H and O–H groups in total. The van der Waals surface area contributed by atoms with Crippen LogP contribution in [0.1, 0.15) is 44.9 Å². The van der Waals surface area contributed by atoms with E-state index in [-0.39, 0.29) is 35.3 Å². The van der Waals surface area contributed by atoms with E-state index in [0.29, 0.717) is 17.5 Å². The Morgan fingerprint density at radius 3 is 2.33 bits per heavy atom. The number of nitrogens with one attached hydrogen (secondary N) is 1. The Balaban J connectivity index is 2.42. The minimum absolute atomic E-state index is 0.144. The third-order valence-electron chi connectivity index (χ3n) is 3.52. The van der Waals surface area contributed by atoms with E-state index in [2.05, 4.69) is 11.9 Å². The molecule has 0 bridgehead atoms. The second kappa shape index (κ2) is 9.33. The lowest BCUT2D eigenvalue weighted by molar-refractivity contribution is 0.101. The number of hydrogen-bond donors (Lipinski definition) is 1. The second-order valence-electron chi connectivity index (χ2n) is 5.94. The number of hydrogen-bond acceptors (Lipinski definition) is 5. The number of ether oxygens (including phenoxy) is 2. The van der Waals surface area contributed by atoms with Crippen molar-refractivity contribution in [2.45, 2.75) is 20.0 Å². The highest BCUT2D eigenvalue weighted by Gasteiger charge is 2.22. The fourth-order valence-corrected chi connectivity index (χ4v) is 2.34. The van der Waals surface area contributed by atoms with Gasteiger partial charge in [0.25, 0.3) is 5.91 Å². The van der Waals surface area contributed by atoms with Gasteiger partial charge in [0.2, 0.25) is 0 Å². The first-order valence-corrected chi connectivity index (χ1v) is 8.39. The van der Waals surface area contributed by atoms with Gasteiger partial charge >= 0.3 is 0 Å². The van der Waals surface area contributed by atoms with Gasteiger partial charge in [0.05, 0.1) is 17.2 Å². The first-order valence-electron chi connectivity index (χ1n) is 8.39. The highest BCUT2D eigenvalue weighted by Crippen LogP contribution is 2.36. The van der Waals surface area contributed by atoms with E-state index in [4.69, 9.17) is 9.47 Å². The summed E-state index contributed by atoms with van der Waals surface area (Å²) >= 11 is 0. The van der Waals surface area contributed by atoms with Crippen molar-refractivity contribution < 1.29 is 23.9 Å². The lowest BCUT2D eigenvalue weighted by Gasteiger charge is -2.19. The molecule has 2 aromatic rings. The summed E-state index contributed by atoms with van der Waals surface area (Å²) in [6.45, 7) is 7.37. The van der Waals surface area contributed by atoms with Crippen LogP contribution >= 0.6 is 0 Å². The molecule has 6 heteroatoms. The molecular formula is C21H21NO5. The van der Waals surface area contributed by atoms with E-state index in [9.17, 15) is 14.4 Å². The minimum Gasteiger partial charge on any atom is -0.486 e. The summed E-state index contributed by atoms with van der Waals surface area (Å²) < 4.78 is 11.4. The molecule has 140 valence electrons. The zero-order chi connectivity index (χ0) is 19.8. The molecule has 1 amide bonds. The van der Waals surface area contributed by atoms with Gasteiger partial charge in [-0.2, -0.15) is 0 Å². The first-order chi connectivity index (χ1) is 13.0. The Morgan fingerprint density at radius 1 is 1.07 bits per heavy atom. The van der Waals surface area contributed by atoms with E-state index in [1.807, 2.05) is 13.8 Å². The van der Waals surface area contributed by atoms with Crippen LogP contribution in [0.3, 0.4) is 0 Å². The van der Waals surface area contributed by atoms with Crippen molar-refractivity contribution in [3.8, 4) is 11.5 Å². The van der Waals surface area contributed by atoms with Gasteiger partial charge in [0, 0.05) is 11.3 Å². The number of carbonyl (C=O) groups is 3. The van der Waals surface area contributed by atoms with Crippen LogP contribution in [0, 0.1) is 0 Å². The number of rotatable bonds is 9. The maximum Gasteiger partial charge on any atom is 0.259 e. The summed E-state index contributed by atoms with van der Waals surface area (Å²) in [6, 6.07) is 9.45. The molecule has 0 saturated heterocycles. The smallest absolute Gasteiger partial charge is 0.259 e. The fourth-order valence-electron chi connectivity index (χ4n) is 2.34. The van der Waals surface area contributed by atoms with Crippen LogP contribution in [0.4, 0.5) is 5.69 Å². The minimum atomic E-state index is -0.432. The zero-order valence-electron chi connectivity index (χ0n) is 15.2. The number of carbonyl (C=O) groups excluding carboxylic acids is 3. The summed E-state index contributed by atoms with van der Waals surface area (Å²) in [5.74, 6) is -0.0417. The van der Waals surface area contributed by atoms with Crippen molar-refractivity contribution in [1.82, 2.24) is 0 Å². The topological polar surface area (TPSA) is 81.7 Å². The Hall–Kier alpha value is -3.41. The lowest BCUT2D eigenvalue weighted by Crippen LogP contribution is -2.16. The highest BCUT2D eigenvalue weighted by atomic mass is 16.5. The summed E-state index contributed by atoms with van der Waals surface area (Å²) in [4.78, 5) is 34.9. The molecule has 2 aromatic carbocycles. The average Bonchev–Trinajstić information content (AvgIpc) is 2.66. The van der Waals surface area contributed by atoms with E-state index < -0.39 is 5.91 Å². The predicted octanol–water partition coefficient (Wildman–Crippen LogP) is 3.92. The van der Waals surface area contributed by atoms with Gasteiger partial charge in [0.1, 0.15) is 12.9 Å². The van der Waals surface area contributed by atoms with Gasteiger partial charge in [0.15, 0.2) is 17.8 Å². The number of amides is 1. The summed E-state index contributed by atoms with van der Waals surface area (Å²) in [5.41, 5.74) is 1.53. The normalized spacial score (nSPS) is 10.2. The molecule has 0 saturated carbocycles. The molecule has 0 spiro atoms. The van der Waals surface area contributed by atoms with Crippen LogP contribution in [0.15, 0.2) is 49.1 Å². The van der Waals surface area contributed by atoms with Crippen LogP contribution in [-0.2, 0) is 0 Å². The number of anilines is 1. The molecule has 27 heavy (non-hydrogen) atoms. The zero-order valence-corrected chi connectivity index (χ0v) is 15.2. The van der Waals surface area contributed by atoms with E-state index in [1.54, 1.807) is 24.3 Å². The number of benzene rings is 2. The Labute approximate surface area is 157 Å². The van der Waals surface area contributed by atoms with Gasteiger partial charge in [-0.25, -0.2) is 0 Å². The first kappa shape index (κ1) is 19.9. The molecule has 2 rings (SSSR count). The van der Waals surface area contributed by atoms with Crippen molar-refractivity contribution in [3.05, 3.63) is 65.7 Å². The van der Waals surface area contributed by atoms with Crippen LogP contribution in [-0.4, -0.2) is 31.2 Å². The third kappa shape index (κ3) is 5.04. The van der Waals surface area contributed by atoms with Crippen molar-refractivity contribution in [3.63, 3.8) is 0 Å². The Kier molecular flexibility index (Phi) is 6.88.